The summed E-state index contributed by atoms with van der Waals surface area (Å²) in [4.78, 5) is 2.50. The Labute approximate surface area is 158 Å². The molecule has 1 aliphatic rings. The van der Waals surface area contributed by atoms with Crippen LogP contribution in [-0.4, -0.2) is 43.7 Å². The summed E-state index contributed by atoms with van der Waals surface area (Å²) in [6.07, 6.45) is 21.3. The third kappa shape index (κ3) is 13.7. The van der Waals surface area contributed by atoms with Gasteiger partial charge in [0, 0.05) is 19.1 Å². The number of hydrogen-bond donors (Lipinski definition) is 2. The standard InChI is InChI=1S/C22H47N3/c1-2-3-4-5-6-7-8-9-10-11-12-13-14-18-24-22-15-19-25(20-16-22)21-17-23/h22,24H,2-21,23H2,1H3. The molecule has 0 atom stereocenters. The smallest absolute Gasteiger partial charge is 0.0105 e. The van der Waals surface area contributed by atoms with Gasteiger partial charge in [-0.05, 0) is 38.9 Å². The van der Waals surface area contributed by atoms with Gasteiger partial charge in [-0.3, -0.25) is 0 Å². The minimum atomic E-state index is 0.756. The van der Waals surface area contributed by atoms with Gasteiger partial charge in [0.25, 0.3) is 0 Å². The maximum Gasteiger partial charge on any atom is 0.0105 e. The summed E-state index contributed by atoms with van der Waals surface area (Å²) in [5, 5.41) is 3.77. The van der Waals surface area contributed by atoms with E-state index >= 15 is 0 Å². The second kappa shape index (κ2) is 17.3. The lowest BCUT2D eigenvalue weighted by Crippen LogP contribution is -2.44. The van der Waals surface area contributed by atoms with Crippen LogP contribution in [0, 0.1) is 0 Å². The molecule has 0 aromatic rings. The molecule has 0 aromatic heterocycles. The van der Waals surface area contributed by atoms with E-state index in [1.165, 1.54) is 116 Å². The van der Waals surface area contributed by atoms with Gasteiger partial charge in [0.15, 0.2) is 0 Å². The Balaban J connectivity index is 1.74. The summed E-state index contributed by atoms with van der Waals surface area (Å²) in [6, 6.07) is 0.756. The van der Waals surface area contributed by atoms with Crippen molar-refractivity contribution in [2.75, 3.05) is 32.7 Å². The number of nitrogens with one attached hydrogen (secondary N) is 1. The molecule has 25 heavy (non-hydrogen) atoms. The fraction of sp³-hybridized carbons (Fsp3) is 1.00. The zero-order valence-corrected chi connectivity index (χ0v) is 17.2. The van der Waals surface area contributed by atoms with Crippen LogP contribution in [0.1, 0.15) is 103 Å². The van der Waals surface area contributed by atoms with Crippen LogP contribution in [0.3, 0.4) is 0 Å². The summed E-state index contributed by atoms with van der Waals surface area (Å²) in [7, 11) is 0. The molecule has 0 bridgehead atoms. The minimum absolute atomic E-state index is 0.756. The average Bonchev–Trinajstić information content (AvgIpc) is 2.63. The lowest BCUT2D eigenvalue weighted by molar-refractivity contribution is 0.202. The number of nitrogens with zero attached hydrogens (tertiary/aromatic N) is 1. The molecule has 1 fully saturated rings. The number of nitrogens with two attached hydrogens (primary N) is 1. The Hall–Kier alpha value is -0.120. The van der Waals surface area contributed by atoms with Crippen LogP contribution >= 0.6 is 0 Å². The average molecular weight is 354 g/mol. The molecule has 0 unspecified atom stereocenters. The first-order chi connectivity index (χ1) is 12.4. The fourth-order valence-electron chi connectivity index (χ4n) is 3.99. The van der Waals surface area contributed by atoms with Crippen molar-refractivity contribution in [1.82, 2.24) is 10.2 Å². The molecular weight excluding hydrogens is 306 g/mol. The van der Waals surface area contributed by atoms with E-state index in [4.69, 9.17) is 5.73 Å². The van der Waals surface area contributed by atoms with Crippen LogP contribution in [-0.2, 0) is 0 Å². The molecule has 3 heteroatoms. The number of rotatable bonds is 17. The zero-order chi connectivity index (χ0) is 18.0. The maximum absolute atomic E-state index is 5.63. The molecule has 0 aromatic carbocycles. The van der Waals surface area contributed by atoms with E-state index in [9.17, 15) is 0 Å². The van der Waals surface area contributed by atoms with Crippen LogP contribution in [0.15, 0.2) is 0 Å². The monoisotopic (exact) mass is 353 g/mol. The van der Waals surface area contributed by atoms with Crippen LogP contribution in [0.4, 0.5) is 0 Å². The zero-order valence-electron chi connectivity index (χ0n) is 17.2. The molecule has 0 radical (unpaired) electrons. The molecule has 1 heterocycles. The predicted molar refractivity (Wildman–Crippen MR) is 112 cm³/mol. The first kappa shape index (κ1) is 22.9. The number of piperidine rings is 1. The fourth-order valence-corrected chi connectivity index (χ4v) is 3.99. The molecule has 3 N–H and O–H groups in total. The number of likely N-dealkylation sites (tertiary alicyclic amines) is 1. The van der Waals surface area contributed by atoms with Crippen molar-refractivity contribution in [3.05, 3.63) is 0 Å². The van der Waals surface area contributed by atoms with Gasteiger partial charge in [0.1, 0.15) is 0 Å². The van der Waals surface area contributed by atoms with Gasteiger partial charge in [-0.2, -0.15) is 0 Å². The quantitative estimate of drug-likeness (QED) is 0.358. The van der Waals surface area contributed by atoms with E-state index < -0.39 is 0 Å². The van der Waals surface area contributed by atoms with Crippen molar-refractivity contribution in [3.8, 4) is 0 Å². The Kier molecular flexibility index (Phi) is 15.9. The first-order valence-electron chi connectivity index (χ1n) is 11.5. The summed E-state index contributed by atoms with van der Waals surface area (Å²) in [5.74, 6) is 0. The molecule has 0 aliphatic carbocycles. The molecule has 0 amide bonds. The summed E-state index contributed by atoms with van der Waals surface area (Å²) in [6.45, 7) is 7.85. The topological polar surface area (TPSA) is 41.3 Å². The van der Waals surface area contributed by atoms with E-state index in [0.29, 0.717) is 0 Å². The van der Waals surface area contributed by atoms with E-state index in [1.54, 1.807) is 0 Å². The number of unbranched alkanes of at least 4 members (excludes halogenated alkanes) is 12. The van der Waals surface area contributed by atoms with Crippen LogP contribution in [0.5, 0.6) is 0 Å². The third-order valence-electron chi connectivity index (χ3n) is 5.75. The molecule has 3 nitrogen and oxygen atoms in total. The van der Waals surface area contributed by atoms with Gasteiger partial charge in [0.05, 0.1) is 0 Å². The third-order valence-corrected chi connectivity index (χ3v) is 5.75. The van der Waals surface area contributed by atoms with Gasteiger partial charge in [0.2, 0.25) is 0 Å². The van der Waals surface area contributed by atoms with Gasteiger partial charge in [-0.1, -0.05) is 84.0 Å². The van der Waals surface area contributed by atoms with Crippen molar-refractivity contribution in [3.63, 3.8) is 0 Å². The highest BCUT2D eigenvalue weighted by molar-refractivity contribution is 4.77. The van der Waals surface area contributed by atoms with Gasteiger partial charge in [-0.15, -0.1) is 0 Å². The molecule has 0 spiro atoms. The Morgan fingerprint density at radius 2 is 1.24 bits per heavy atom. The molecular formula is C22H47N3. The van der Waals surface area contributed by atoms with E-state index in [0.717, 1.165) is 19.1 Å². The molecule has 150 valence electrons. The Bertz CT molecular complexity index is 262. The highest BCUT2D eigenvalue weighted by Gasteiger charge is 2.17. The minimum Gasteiger partial charge on any atom is -0.329 e. The Morgan fingerprint density at radius 3 is 1.72 bits per heavy atom. The summed E-state index contributed by atoms with van der Waals surface area (Å²) >= 11 is 0. The predicted octanol–water partition coefficient (Wildman–Crippen LogP) is 5.09. The molecule has 0 saturated carbocycles. The highest BCUT2D eigenvalue weighted by atomic mass is 15.1. The van der Waals surface area contributed by atoms with Crippen LogP contribution in [0.2, 0.25) is 0 Å². The van der Waals surface area contributed by atoms with E-state index in [-0.39, 0.29) is 0 Å². The lowest BCUT2D eigenvalue weighted by Gasteiger charge is -2.32. The molecule has 1 saturated heterocycles. The van der Waals surface area contributed by atoms with Gasteiger partial charge in [-0.25, -0.2) is 0 Å². The van der Waals surface area contributed by atoms with Crippen molar-refractivity contribution in [1.29, 1.82) is 0 Å². The summed E-state index contributed by atoms with van der Waals surface area (Å²) in [5.41, 5.74) is 5.63. The SMILES string of the molecule is CCCCCCCCCCCCCCCNC1CCN(CCN)CC1. The normalized spacial score (nSPS) is 16.6. The molecule has 1 rings (SSSR count). The molecule has 1 aliphatic heterocycles. The van der Waals surface area contributed by atoms with Crippen LogP contribution in [0.25, 0.3) is 0 Å². The van der Waals surface area contributed by atoms with E-state index in [2.05, 4.69) is 17.1 Å². The van der Waals surface area contributed by atoms with Crippen molar-refractivity contribution in [2.24, 2.45) is 5.73 Å². The highest BCUT2D eigenvalue weighted by Crippen LogP contribution is 2.13. The Morgan fingerprint density at radius 1 is 0.760 bits per heavy atom. The second-order valence-electron chi connectivity index (χ2n) is 8.10. The van der Waals surface area contributed by atoms with E-state index in [1.807, 2.05) is 0 Å². The van der Waals surface area contributed by atoms with Gasteiger partial charge < -0.3 is 16.0 Å². The van der Waals surface area contributed by atoms with Crippen molar-refractivity contribution in [2.45, 2.75) is 109 Å². The largest absolute Gasteiger partial charge is 0.329 e. The summed E-state index contributed by atoms with van der Waals surface area (Å²) < 4.78 is 0. The van der Waals surface area contributed by atoms with Crippen LogP contribution < -0.4 is 11.1 Å². The van der Waals surface area contributed by atoms with Gasteiger partial charge >= 0.3 is 0 Å². The second-order valence-corrected chi connectivity index (χ2v) is 8.10. The van der Waals surface area contributed by atoms with Crippen molar-refractivity contribution < 1.29 is 0 Å². The van der Waals surface area contributed by atoms with Crippen molar-refractivity contribution >= 4 is 0 Å². The first-order valence-corrected chi connectivity index (χ1v) is 11.5. The maximum atomic E-state index is 5.63. The lowest BCUT2D eigenvalue weighted by atomic mass is 10.0. The number of hydrogen-bond acceptors (Lipinski definition) is 3.